The Kier molecular flexibility index (Phi) is 4.37. The van der Waals surface area contributed by atoms with Gasteiger partial charge in [-0.1, -0.05) is 5.16 Å². The zero-order valence-electron chi connectivity index (χ0n) is 13.5. The molecule has 3 N–H and O–H groups in total. The van der Waals surface area contributed by atoms with Gasteiger partial charge in [-0.15, -0.1) is 0 Å². The van der Waals surface area contributed by atoms with Crippen molar-refractivity contribution in [3.63, 3.8) is 0 Å². The van der Waals surface area contributed by atoms with Crippen LogP contribution in [0.1, 0.15) is 30.7 Å². The summed E-state index contributed by atoms with van der Waals surface area (Å²) in [5.41, 5.74) is 8.52. The van der Waals surface area contributed by atoms with E-state index in [0.29, 0.717) is 12.1 Å². The Hall–Kier alpha value is -1.82. The van der Waals surface area contributed by atoms with Gasteiger partial charge in [-0.25, -0.2) is 4.98 Å². The molecule has 0 aromatic carbocycles. The number of amidine groups is 1. The molecule has 1 fully saturated rings. The van der Waals surface area contributed by atoms with Gasteiger partial charge in [0, 0.05) is 30.9 Å². The van der Waals surface area contributed by atoms with E-state index in [-0.39, 0.29) is 5.84 Å². The highest BCUT2D eigenvalue weighted by molar-refractivity contribution is 6.02. The highest BCUT2D eigenvalue weighted by Gasteiger charge is 2.29. The predicted octanol–water partition coefficient (Wildman–Crippen LogP) is 1.32. The van der Waals surface area contributed by atoms with Crippen molar-refractivity contribution in [3.8, 4) is 0 Å². The fraction of sp³-hybridized carbons (Fsp3) is 0.600. The highest BCUT2D eigenvalue weighted by atomic mass is 16.4. The number of nitrogens with two attached hydrogens (primary N) is 1. The number of aryl methyl sites for hydroxylation is 2. The molecule has 0 aliphatic carbocycles. The van der Waals surface area contributed by atoms with Crippen LogP contribution in [0.25, 0.3) is 0 Å². The van der Waals surface area contributed by atoms with E-state index in [2.05, 4.69) is 40.8 Å². The van der Waals surface area contributed by atoms with Crippen LogP contribution in [-0.2, 0) is 0 Å². The zero-order valence-corrected chi connectivity index (χ0v) is 13.5. The Labute approximate surface area is 126 Å². The van der Waals surface area contributed by atoms with E-state index in [9.17, 15) is 0 Å². The molecule has 1 saturated heterocycles. The summed E-state index contributed by atoms with van der Waals surface area (Å²) < 4.78 is 0. The lowest BCUT2D eigenvalue weighted by molar-refractivity contribution is 0.169. The minimum Gasteiger partial charge on any atom is -0.409 e. The third kappa shape index (κ3) is 2.95. The van der Waals surface area contributed by atoms with Crippen LogP contribution in [0.5, 0.6) is 0 Å². The predicted molar refractivity (Wildman–Crippen MR) is 85.1 cm³/mol. The van der Waals surface area contributed by atoms with Crippen LogP contribution in [0.3, 0.4) is 0 Å². The van der Waals surface area contributed by atoms with Crippen molar-refractivity contribution < 1.29 is 5.21 Å². The Balaban J connectivity index is 2.48. The van der Waals surface area contributed by atoms with E-state index < -0.39 is 0 Å². The van der Waals surface area contributed by atoms with Gasteiger partial charge in [0.1, 0.15) is 5.82 Å². The maximum absolute atomic E-state index is 9.06. The summed E-state index contributed by atoms with van der Waals surface area (Å²) in [6.45, 7) is 10.1. The summed E-state index contributed by atoms with van der Waals surface area (Å²) in [4.78, 5) is 9.26. The van der Waals surface area contributed by atoms with E-state index in [4.69, 9.17) is 10.9 Å². The lowest BCUT2D eigenvalue weighted by Gasteiger charge is -2.43. The zero-order chi connectivity index (χ0) is 15.7. The summed E-state index contributed by atoms with van der Waals surface area (Å²) in [6, 6.07) is 2.81. The molecule has 0 saturated carbocycles. The maximum atomic E-state index is 9.06. The van der Waals surface area contributed by atoms with Crippen molar-refractivity contribution in [1.82, 2.24) is 9.88 Å². The number of pyridine rings is 1. The van der Waals surface area contributed by atoms with Crippen molar-refractivity contribution >= 4 is 11.7 Å². The van der Waals surface area contributed by atoms with Gasteiger partial charge in [-0.2, -0.15) is 0 Å². The fourth-order valence-corrected chi connectivity index (χ4v) is 2.99. The first-order chi connectivity index (χ1) is 9.85. The second-order valence-electron chi connectivity index (χ2n) is 6.03. The number of hydrogen-bond donors (Lipinski definition) is 2. The molecule has 6 nitrogen and oxygen atoms in total. The van der Waals surface area contributed by atoms with E-state index in [1.54, 1.807) is 0 Å². The number of hydrogen-bond acceptors (Lipinski definition) is 5. The van der Waals surface area contributed by atoms with Crippen LogP contribution in [0.2, 0.25) is 0 Å². The van der Waals surface area contributed by atoms with Crippen molar-refractivity contribution in [2.24, 2.45) is 10.9 Å². The van der Waals surface area contributed by atoms with Gasteiger partial charge < -0.3 is 15.8 Å². The van der Waals surface area contributed by atoms with Crippen LogP contribution < -0.4 is 10.6 Å². The molecular formula is C15H25N5O. The molecule has 0 spiro atoms. The molecule has 2 rings (SSSR count). The Morgan fingerprint density at radius 1 is 1.33 bits per heavy atom. The molecule has 1 aromatic heterocycles. The Morgan fingerprint density at radius 2 is 1.90 bits per heavy atom. The van der Waals surface area contributed by atoms with Crippen molar-refractivity contribution in [2.75, 3.05) is 25.0 Å². The Morgan fingerprint density at radius 3 is 2.43 bits per heavy atom. The molecule has 1 aliphatic heterocycles. The van der Waals surface area contributed by atoms with E-state index in [0.717, 1.165) is 35.7 Å². The van der Waals surface area contributed by atoms with Gasteiger partial charge in [0.25, 0.3) is 0 Å². The molecule has 2 heterocycles. The third-order valence-electron chi connectivity index (χ3n) is 4.35. The van der Waals surface area contributed by atoms with Crippen LogP contribution in [-0.4, -0.2) is 53.1 Å². The first-order valence-electron chi connectivity index (χ1n) is 7.28. The first-order valence-corrected chi connectivity index (χ1v) is 7.28. The molecule has 0 bridgehead atoms. The van der Waals surface area contributed by atoms with Gasteiger partial charge in [-0.3, -0.25) is 4.90 Å². The van der Waals surface area contributed by atoms with Gasteiger partial charge in [0.2, 0.25) is 0 Å². The second kappa shape index (κ2) is 5.89. The smallest absolute Gasteiger partial charge is 0.174 e. The quantitative estimate of drug-likeness (QED) is 0.372. The highest BCUT2D eigenvalue weighted by Crippen LogP contribution is 2.26. The minimum absolute atomic E-state index is 0.120. The lowest BCUT2D eigenvalue weighted by atomic mass is 10.0. The second-order valence-corrected chi connectivity index (χ2v) is 6.03. The van der Waals surface area contributed by atoms with Crippen LogP contribution in [0.15, 0.2) is 11.2 Å². The summed E-state index contributed by atoms with van der Waals surface area (Å²) in [5, 5.41) is 12.2. The van der Waals surface area contributed by atoms with Crippen molar-refractivity contribution in [1.29, 1.82) is 0 Å². The molecule has 6 heteroatoms. The molecule has 2 atom stereocenters. The van der Waals surface area contributed by atoms with Gasteiger partial charge in [-0.05, 0) is 46.4 Å². The number of aromatic nitrogens is 1. The van der Waals surface area contributed by atoms with E-state index in [1.165, 1.54) is 0 Å². The normalized spacial score (nSPS) is 24.4. The fourth-order valence-electron chi connectivity index (χ4n) is 2.99. The topological polar surface area (TPSA) is 78.0 Å². The summed E-state index contributed by atoms with van der Waals surface area (Å²) in [6.07, 6.45) is 0. The van der Waals surface area contributed by atoms with Crippen LogP contribution in [0, 0.1) is 13.8 Å². The summed E-state index contributed by atoms with van der Waals surface area (Å²) >= 11 is 0. The number of likely N-dealkylation sites (N-methyl/N-ethyl adjacent to an activating group) is 1. The molecule has 0 amide bonds. The van der Waals surface area contributed by atoms with Crippen LogP contribution >= 0.6 is 0 Å². The summed E-state index contributed by atoms with van der Waals surface area (Å²) in [7, 11) is 2.14. The SMILES string of the molecule is Cc1cc(C)c(/C(N)=N/O)c(N2CC(C)N(C)C(C)C2)n1. The molecule has 21 heavy (non-hydrogen) atoms. The monoisotopic (exact) mass is 291 g/mol. The van der Waals surface area contributed by atoms with Crippen LogP contribution in [0.4, 0.5) is 5.82 Å². The molecule has 116 valence electrons. The number of nitrogens with zero attached hydrogens (tertiary/aromatic N) is 4. The number of anilines is 1. The van der Waals surface area contributed by atoms with E-state index in [1.807, 2.05) is 19.9 Å². The lowest BCUT2D eigenvalue weighted by Crippen LogP contribution is -2.55. The molecule has 2 unspecified atom stereocenters. The maximum Gasteiger partial charge on any atom is 0.174 e. The average molecular weight is 291 g/mol. The summed E-state index contributed by atoms with van der Waals surface area (Å²) in [5.74, 6) is 0.934. The number of oxime groups is 1. The standard InChI is InChI=1S/C15H25N5O/c1-9-6-10(2)17-15(13(9)14(16)18-21)20-7-11(3)19(5)12(4)8-20/h6,11-12,21H,7-8H2,1-5H3,(H2,16,18). The van der Waals surface area contributed by atoms with Gasteiger partial charge >= 0.3 is 0 Å². The molecule has 1 aliphatic rings. The molecule has 0 radical (unpaired) electrons. The van der Waals surface area contributed by atoms with Gasteiger partial charge in [0.05, 0.1) is 5.56 Å². The third-order valence-corrected chi connectivity index (χ3v) is 4.35. The minimum atomic E-state index is 0.120. The molecular weight excluding hydrogens is 266 g/mol. The molecule has 1 aromatic rings. The Bertz CT molecular complexity index is 545. The van der Waals surface area contributed by atoms with Crippen molar-refractivity contribution in [2.45, 2.75) is 39.8 Å². The average Bonchev–Trinajstić information content (AvgIpc) is 2.42. The van der Waals surface area contributed by atoms with Gasteiger partial charge in [0.15, 0.2) is 5.84 Å². The first kappa shape index (κ1) is 15.6. The number of rotatable bonds is 2. The largest absolute Gasteiger partial charge is 0.409 e. The number of piperazine rings is 1. The van der Waals surface area contributed by atoms with Crippen molar-refractivity contribution in [3.05, 3.63) is 22.9 Å². The van der Waals surface area contributed by atoms with E-state index >= 15 is 0 Å².